The molecule has 206 valence electrons. The number of nitrogens with one attached hydrogen (secondary N) is 1. The second-order valence-electron chi connectivity index (χ2n) is 9.23. The minimum atomic E-state index is -4.31. The van der Waals surface area contributed by atoms with Crippen LogP contribution in [0, 0.1) is 5.82 Å². The summed E-state index contributed by atoms with van der Waals surface area (Å²) in [6, 6.07) is 6.69. The summed E-state index contributed by atoms with van der Waals surface area (Å²) < 4.78 is 73.6. The second-order valence-corrected chi connectivity index (χ2v) is 13.8. The van der Waals surface area contributed by atoms with Gasteiger partial charge in [0.05, 0.1) is 19.1 Å². The monoisotopic (exact) mass is 568 g/mol. The first-order valence-corrected chi connectivity index (χ1v) is 14.7. The Hall–Kier alpha value is -3.30. The molecule has 2 aliphatic rings. The number of rotatable bonds is 6. The Kier molecular flexibility index (Phi) is 6.91. The van der Waals surface area contributed by atoms with E-state index in [0.717, 1.165) is 14.7 Å². The smallest absolute Gasteiger partial charge is 0.274 e. The summed E-state index contributed by atoms with van der Waals surface area (Å²) in [5.41, 5.74) is 4.22. The summed E-state index contributed by atoms with van der Waals surface area (Å²) in [7, 11) is -5.38. The van der Waals surface area contributed by atoms with E-state index in [1.807, 2.05) is 0 Å². The molecule has 12 nitrogen and oxygen atoms in total. The van der Waals surface area contributed by atoms with Crippen molar-refractivity contribution < 1.29 is 30.8 Å². The molecular weight excluding hydrogens is 539 g/mol. The molecule has 1 aromatic carbocycles. The Morgan fingerprint density at radius 3 is 2.61 bits per heavy atom. The van der Waals surface area contributed by atoms with Crippen LogP contribution in [0.25, 0.3) is 0 Å². The van der Waals surface area contributed by atoms with Crippen molar-refractivity contribution in [3.05, 3.63) is 53.6 Å². The molecule has 4 rings (SSSR count). The predicted molar refractivity (Wildman–Crippen MR) is 139 cm³/mol. The molecule has 2 atom stereocenters. The molecule has 0 aliphatic carbocycles. The highest BCUT2D eigenvalue weighted by Gasteiger charge is 2.67. The first-order valence-electron chi connectivity index (χ1n) is 11.7. The zero-order chi connectivity index (χ0) is 28.1. The van der Waals surface area contributed by atoms with Gasteiger partial charge in [0.2, 0.25) is 26.0 Å². The molecule has 3 N–H and O–H groups in total. The summed E-state index contributed by atoms with van der Waals surface area (Å²) in [6.45, 7) is 2.35. The fourth-order valence-corrected chi connectivity index (χ4v) is 8.30. The van der Waals surface area contributed by atoms with Crippen LogP contribution in [0.1, 0.15) is 36.3 Å². The number of guanidine groups is 1. The molecule has 15 heteroatoms. The molecule has 0 bridgehead atoms. The Morgan fingerprint density at radius 2 is 2.00 bits per heavy atom. The molecule has 1 saturated heterocycles. The Balaban J connectivity index is 1.81. The Morgan fingerprint density at radius 1 is 1.29 bits per heavy atom. The topological polar surface area (TPSA) is 164 Å². The molecule has 0 unspecified atom stereocenters. The molecular formula is C23H29FN6O6S2. The van der Waals surface area contributed by atoms with Crippen LogP contribution in [-0.4, -0.2) is 80.0 Å². The van der Waals surface area contributed by atoms with E-state index in [9.17, 15) is 21.6 Å². The van der Waals surface area contributed by atoms with Crippen molar-refractivity contribution in [2.75, 3.05) is 38.3 Å². The van der Waals surface area contributed by atoms with E-state index in [0.29, 0.717) is 5.75 Å². The highest BCUT2D eigenvalue weighted by Crippen LogP contribution is 2.52. The summed E-state index contributed by atoms with van der Waals surface area (Å²) in [4.78, 5) is 21.2. The average Bonchev–Trinajstić information content (AvgIpc) is 3.37. The Bertz CT molecular complexity index is 1520. The number of carbonyl (C=O) groups excluding carboxylic acids is 1. The van der Waals surface area contributed by atoms with Crippen molar-refractivity contribution in [2.45, 2.75) is 30.6 Å². The number of nitrogens with two attached hydrogens (primary N) is 1. The molecule has 1 fully saturated rings. The number of halogens is 1. The standard InChI is InChI=1S/C23H29FN6O6S2/c1-5-37(32,33)30-11-10-23(14-30)22(2,28-21(25)29(3)38(23,34)35)17-12-15(6-8-18(17)24)27-20(31)19-9-7-16(36-4)13-26-19/h6-9,12-13H,5,10-11,14H2,1-4H3,(H2,25,28)(H,27,31)/t22-,23+/m1/s1. The van der Waals surface area contributed by atoms with E-state index in [-0.39, 0.29) is 41.6 Å². The van der Waals surface area contributed by atoms with Gasteiger partial charge in [0.25, 0.3) is 5.91 Å². The highest BCUT2D eigenvalue weighted by molar-refractivity contribution is 7.91. The van der Waals surface area contributed by atoms with E-state index in [1.165, 1.54) is 52.4 Å². The maximum atomic E-state index is 15.5. The van der Waals surface area contributed by atoms with Crippen molar-refractivity contribution in [1.82, 2.24) is 13.6 Å². The van der Waals surface area contributed by atoms with Crippen LogP contribution in [0.15, 0.2) is 41.5 Å². The molecule has 1 spiro atoms. The lowest BCUT2D eigenvalue weighted by Crippen LogP contribution is -2.66. The molecule has 2 aliphatic heterocycles. The van der Waals surface area contributed by atoms with E-state index < -0.39 is 48.6 Å². The van der Waals surface area contributed by atoms with Gasteiger partial charge < -0.3 is 15.8 Å². The van der Waals surface area contributed by atoms with Gasteiger partial charge in [-0.25, -0.2) is 39.8 Å². The number of hydrogen-bond donors (Lipinski definition) is 2. The van der Waals surface area contributed by atoms with Gasteiger partial charge in [-0.3, -0.25) is 4.79 Å². The molecule has 0 saturated carbocycles. The number of methoxy groups -OCH3 is 1. The summed E-state index contributed by atoms with van der Waals surface area (Å²) in [5, 5.41) is 2.63. The third kappa shape index (κ3) is 4.18. The van der Waals surface area contributed by atoms with Crippen molar-refractivity contribution in [1.29, 1.82) is 0 Å². The highest BCUT2D eigenvalue weighted by atomic mass is 32.2. The largest absolute Gasteiger partial charge is 0.495 e. The number of aromatic nitrogens is 1. The molecule has 3 heterocycles. The van der Waals surface area contributed by atoms with Gasteiger partial charge in [-0.15, -0.1) is 0 Å². The average molecular weight is 569 g/mol. The lowest BCUT2D eigenvalue weighted by molar-refractivity contribution is 0.102. The predicted octanol–water partition coefficient (Wildman–Crippen LogP) is 1.08. The first kappa shape index (κ1) is 27.7. The van der Waals surface area contributed by atoms with Gasteiger partial charge in [0.1, 0.15) is 27.5 Å². The van der Waals surface area contributed by atoms with Crippen molar-refractivity contribution >= 4 is 37.6 Å². The molecule has 1 amide bonds. The summed E-state index contributed by atoms with van der Waals surface area (Å²) in [6.07, 6.45) is 1.23. The number of ether oxygens (including phenoxy) is 1. The van der Waals surface area contributed by atoms with Crippen molar-refractivity contribution in [3.63, 3.8) is 0 Å². The zero-order valence-corrected chi connectivity index (χ0v) is 22.9. The van der Waals surface area contributed by atoms with Crippen molar-refractivity contribution in [2.24, 2.45) is 10.7 Å². The van der Waals surface area contributed by atoms with E-state index in [1.54, 1.807) is 6.07 Å². The van der Waals surface area contributed by atoms with Crippen LogP contribution >= 0.6 is 0 Å². The molecule has 2 aromatic rings. The fourth-order valence-electron chi connectivity index (χ4n) is 4.93. The van der Waals surface area contributed by atoms with Gasteiger partial charge in [-0.2, -0.15) is 0 Å². The molecule has 0 radical (unpaired) electrons. The normalized spacial score (nSPS) is 25.3. The Labute approximate surface area is 220 Å². The maximum Gasteiger partial charge on any atom is 0.274 e. The van der Waals surface area contributed by atoms with E-state index in [4.69, 9.17) is 10.5 Å². The SMILES string of the molecule is CCS(=O)(=O)N1CC[C@]2(C1)[C@@](C)(c1cc(NC(=O)c3ccc(OC)cn3)ccc1F)N=C(N)N(C)S2(=O)=O. The summed E-state index contributed by atoms with van der Waals surface area (Å²) >= 11 is 0. The number of aliphatic imine (C=N–C) groups is 1. The van der Waals surface area contributed by atoms with Crippen LogP contribution in [0.3, 0.4) is 0 Å². The van der Waals surface area contributed by atoms with Gasteiger partial charge in [-0.1, -0.05) is 0 Å². The van der Waals surface area contributed by atoms with Gasteiger partial charge >= 0.3 is 0 Å². The summed E-state index contributed by atoms with van der Waals surface area (Å²) in [5.74, 6) is -1.52. The van der Waals surface area contributed by atoms with Crippen LogP contribution in [0.2, 0.25) is 0 Å². The number of amides is 1. The fraction of sp³-hybridized carbons (Fsp3) is 0.435. The minimum Gasteiger partial charge on any atom is -0.495 e. The number of hydrogen-bond acceptors (Lipinski definition) is 9. The number of sulfonamides is 2. The third-order valence-electron chi connectivity index (χ3n) is 7.31. The van der Waals surface area contributed by atoms with Gasteiger partial charge in [-0.05, 0) is 50.6 Å². The van der Waals surface area contributed by atoms with Crippen molar-refractivity contribution in [3.8, 4) is 5.75 Å². The van der Waals surface area contributed by atoms with Gasteiger partial charge in [0, 0.05) is 31.4 Å². The van der Waals surface area contributed by atoms with Gasteiger partial charge in [0.15, 0.2) is 0 Å². The maximum absolute atomic E-state index is 15.5. The second kappa shape index (κ2) is 9.47. The number of anilines is 1. The molecule has 1 aromatic heterocycles. The quantitative estimate of drug-likeness (QED) is 0.523. The number of nitrogens with zero attached hydrogens (tertiary/aromatic N) is 4. The van der Waals surface area contributed by atoms with E-state index >= 15 is 4.39 Å². The lowest BCUT2D eigenvalue weighted by atomic mass is 9.78. The third-order valence-corrected chi connectivity index (χ3v) is 11.8. The first-order chi connectivity index (χ1) is 17.7. The number of pyridine rings is 1. The minimum absolute atomic E-state index is 0.0692. The zero-order valence-electron chi connectivity index (χ0n) is 21.3. The van der Waals surface area contributed by atoms with Crippen LogP contribution < -0.4 is 15.8 Å². The molecule has 38 heavy (non-hydrogen) atoms. The number of benzene rings is 1. The lowest BCUT2D eigenvalue weighted by Gasteiger charge is -2.48. The van der Waals surface area contributed by atoms with E-state index in [2.05, 4.69) is 15.3 Å². The van der Waals surface area contributed by atoms with Crippen LogP contribution in [0.5, 0.6) is 5.75 Å². The number of carbonyl (C=O) groups is 1. The van der Waals surface area contributed by atoms with Crippen LogP contribution in [-0.2, 0) is 25.6 Å². The van der Waals surface area contributed by atoms with Crippen LogP contribution in [0.4, 0.5) is 10.1 Å².